The molecule has 2 aromatic rings. The van der Waals surface area contributed by atoms with E-state index in [2.05, 4.69) is 4.74 Å². The minimum Gasteiger partial charge on any atom is -0.400 e. The topological polar surface area (TPSA) is 66.8 Å². The number of hydrogen-bond acceptors (Lipinski definition) is 4. The molecule has 0 radical (unpaired) electrons. The minimum absolute atomic E-state index is 0.0937. The van der Waals surface area contributed by atoms with Crippen molar-refractivity contribution < 1.29 is 19.7 Å². The molecule has 4 heteroatoms. The fraction of sp³-hybridized carbons (Fsp3) is 0.0833. The molecule has 0 fully saturated rings. The Kier molecular flexibility index (Phi) is 1.64. The van der Waals surface area contributed by atoms with Crippen LogP contribution < -0.4 is 0 Å². The lowest BCUT2D eigenvalue weighted by molar-refractivity contribution is -0.311. The highest BCUT2D eigenvalue weighted by Crippen LogP contribution is 2.34. The number of ether oxygens (including phenoxy) is 1. The number of cyclic esters (lactones) is 1. The van der Waals surface area contributed by atoms with Crippen molar-refractivity contribution in [1.29, 1.82) is 0 Å². The van der Waals surface area contributed by atoms with Crippen LogP contribution in [0.15, 0.2) is 36.4 Å². The molecule has 0 aliphatic carbocycles. The lowest BCUT2D eigenvalue weighted by Crippen LogP contribution is -2.24. The smallest absolute Gasteiger partial charge is 0.354 e. The van der Waals surface area contributed by atoms with E-state index in [4.69, 9.17) is 0 Å². The first-order valence-corrected chi connectivity index (χ1v) is 4.79. The highest BCUT2D eigenvalue weighted by Gasteiger charge is 2.42. The molecule has 0 atom stereocenters. The van der Waals surface area contributed by atoms with Gasteiger partial charge in [0, 0.05) is 0 Å². The Morgan fingerprint density at radius 2 is 1.69 bits per heavy atom. The molecule has 0 aromatic heterocycles. The van der Waals surface area contributed by atoms with Crippen LogP contribution in [0.3, 0.4) is 0 Å². The number of carbonyl (C=O) groups excluding carboxylic acids is 1. The minimum atomic E-state index is -2.50. The number of hydrogen-bond donors (Lipinski definition) is 2. The van der Waals surface area contributed by atoms with Crippen LogP contribution in [-0.4, -0.2) is 16.2 Å². The zero-order valence-corrected chi connectivity index (χ0v) is 8.18. The van der Waals surface area contributed by atoms with Crippen molar-refractivity contribution >= 4 is 16.7 Å². The molecular formula is C12H8O4. The maximum atomic E-state index is 11.4. The second kappa shape index (κ2) is 2.81. The van der Waals surface area contributed by atoms with Crippen LogP contribution in [0.4, 0.5) is 0 Å². The van der Waals surface area contributed by atoms with Gasteiger partial charge in [-0.15, -0.1) is 0 Å². The SMILES string of the molecule is O=C1OC(O)(O)c2cc3ccccc3cc21. The van der Waals surface area contributed by atoms with Crippen molar-refractivity contribution in [1.82, 2.24) is 0 Å². The second-order valence-corrected chi connectivity index (χ2v) is 3.74. The van der Waals surface area contributed by atoms with Gasteiger partial charge in [-0.1, -0.05) is 24.3 Å². The van der Waals surface area contributed by atoms with E-state index >= 15 is 0 Å². The lowest BCUT2D eigenvalue weighted by Gasteiger charge is -2.13. The van der Waals surface area contributed by atoms with Crippen molar-refractivity contribution in [2.24, 2.45) is 0 Å². The number of rotatable bonds is 0. The molecule has 0 spiro atoms. The van der Waals surface area contributed by atoms with Crippen LogP contribution in [0.1, 0.15) is 15.9 Å². The van der Waals surface area contributed by atoms with Crippen molar-refractivity contribution in [2.45, 2.75) is 5.97 Å². The van der Waals surface area contributed by atoms with Crippen molar-refractivity contribution in [3.63, 3.8) is 0 Å². The summed E-state index contributed by atoms with van der Waals surface area (Å²) in [5.74, 6) is -3.22. The number of benzene rings is 2. The molecule has 1 aliphatic rings. The summed E-state index contributed by atoms with van der Waals surface area (Å²) in [6, 6.07) is 10.5. The summed E-state index contributed by atoms with van der Waals surface area (Å²) >= 11 is 0. The fourth-order valence-corrected chi connectivity index (χ4v) is 1.92. The van der Waals surface area contributed by atoms with Crippen LogP contribution in [0.25, 0.3) is 10.8 Å². The van der Waals surface area contributed by atoms with Gasteiger partial charge in [0.05, 0.1) is 11.1 Å². The third kappa shape index (κ3) is 1.14. The second-order valence-electron chi connectivity index (χ2n) is 3.74. The Labute approximate surface area is 90.7 Å². The van der Waals surface area contributed by atoms with Crippen LogP contribution >= 0.6 is 0 Å². The molecule has 0 bridgehead atoms. The van der Waals surface area contributed by atoms with Gasteiger partial charge in [0.2, 0.25) is 0 Å². The average molecular weight is 216 g/mol. The molecule has 1 heterocycles. The summed E-state index contributed by atoms with van der Waals surface area (Å²) in [4.78, 5) is 11.4. The largest absolute Gasteiger partial charge is 0.400 e. The van der Waals surface area contributed by atoms with Crippen molar-refractivity contribution in [3.05, 3.63) is 47.5 Å². The molecule has 16 heavy (non-hydrogen) atoms. The lowest BCUT2D eigenvalue weighted by atomic mass is 10.0. The molecule has 2 aromatic carbocycles. The Morgan fingerprint density at radius 3 is 2.38 bits per heavy atom. The van der Waals surface area contributed by atoms with E-state index in [0.717, 1.165) is 10.8 Å². The highest BCUT2D eigenvalue weighted by molar-refractivity contribution is 5.99. The molecule has 3 rings (SSSR count). The van der Waals surface area contributed by atoms with E-state index in [1.54, 1.807) is 12.1 Å². The van der Waals surface area contributed by atoms with E-state index in [-0.39, 0.29) is 11.1 Å². The van der Waals surface area contributed by atoms with Crippen molar-refractivity contribution in [3.8, 4) is 0 Å². The first kappa shape index (κ1) is 9.33. The van der Waals surface area contributed by atoms with Crippen LogP contribution in [0.2, 0.25) is 0 Å². The zero-order valence-electron chi connectivity index (χ0n) is 8.18. The molecule has 1 aliphatic heterocycles. The van der Waals surface area contributed by atoms with Gasteiger partial charge in [-0.25, -0.2) is 4.79 Å². The molecule has 4 nitrogen and oxygen atoms in total. The molecule has 0 unspecified atom stereocenters. The van der Waals surface area contributed by atoms with Crippen LogP contribution in [0.5, 0.6) is 0 Å². The van der Waals surface area contributed by atoms with Gasteiger partial charge in [0.25, 0.3) is 0 Å². The standard InChI is InChI=1S/C12H8O4/c13-11-9-5-7-3-1-2-4-8(7)6-10(9)12(14,15)16-11/h1-6,14-15H. The van der Waals surface area contributed by atoms with Gasteiger partial charge in [0.15, 0.2) is 0 Å². The molecule has 0 saturated carbocycles. The third-order valence-electron chi connectivity index (χ3n) is 2.69. The number of esters is 1. The normalized spacial score (nSPS) is 17.2. The molecule has 80 valence electrons. The van der Waals surface area contributed by atoms with E-state index in [1.807, 2.05) is 24.3 Å². The summed E-state index contributed by atoms with van der Waals surface area (Å²) in [6.45, 7) is 0. The third-order valence-corrected chi connectivity index (χ3v) is 2.69. The van der Waals surface area contributed by atoms with Gasteiger partial charge in [0.1, 0.15) is 0 Å². The van der Waals surface area contributed by atoms with Gasteiger partial charge < -0.3 is 14.9 Å². The van der Waals surface area contributed by atoms with E-state index in [0.29, 0.717) is 0 Å². The van der Waals surface area contributed by atoms with Crippen molar-refractivity contribution in [2.75, 3.05) is 0 Å². The molecule has 2 N–H and O–H groups in total. The highest BCUT2D eigenvalue weighted by atomic mass is 16.8. The maximum absolute atomic E-state index is 11.4. The van der Waals surface area contributed by atoms with Crippen LogP contribution in [0, 0.1) is 0 Å². The Balaban J connectivity index is 2.38. The molecule has 0 amide bonds. The van der Waals surface area contributed by atoms with Crippen LogP contribution in [-0.2, 0) is 10.7 Å². The monoisotopic (exact) mass is 216 g/mol. The predicted molar refractivity (Wildman–Crippen MR) is 55.5 cm³/mol. The summed E-state index contributed by atoms with van der Waals surface area (Å²) in [6.07, 6.45) is 0. The van der Waals surface area contributed by atoms with Gasteiger partial charge in [-0.05, 0) is 22.9 Å². The van der Waals surface area contributed by atoms with E-state index in [9.17, 15) is 15.0 Å². The Bertz CT molecular complexity index is 601. The quantitative estimate of drug-likeness (QED) is 0.511. The Morgan fingerprint density at radius 1 is 1.06 bits per heavy atom. The number of fused-ring (bicyclic) bond motifs is 2. The summed E-state index contributed by atoms with van der Waals surface area (Å²) < 4.78 is 4.46. The summed E-state index contributed by atoms with van der Waals surface area (Å²) in [7, 11) is 0. The van der Waals surface area contributed by atoms with E-state index in [1.165, 1.54) is 0 Å². The Hall–Kier alpha value is -1.91. The predicted octanol–water partition coefficient (Wildman–Crippen LogP) is 1.11. The first-order chi connectivity index (χ1) is 7.58. The first-order valence-electron chi connectivity index (χ1n) is 4.79. The zero-order chi connectivity index (χ0) is 11.3. The molecular weight excluding hydrogens is 208 g/mol. The summed E-state index contributed by atoms with van der Waals surface area (Å²) in [5, 5.41) is 20.7. The maximum Gasteiger partial charge on any atom is 0.354 e. The summed E-state index contributed by atoms with van der Waals surface area (Å²) in [5.41, 5.74) is 0.292. The number of carbonyl (C=O) groups is 1. The van der Waals surface area contributed by atoms with E-state index < -0.39 is 11.9 Å². The van der Waals surface area contributed by atoms with Gasteiger partial charge in [-0.3, -0.25) is 0 Å². The molecule has 0 saturated heterocycles. The fourth-order valence-electron chi connectivity index (χ4n) is 1.92. The van der Waals surface area contributed by atoms with Gasteiger partial charge in [-0.2, -0.15) is 0 Å². The number of aliphatic hydroxyl groups is 2. The average Bonchev–Trinajstić information content (AvgIpc) is 2.47. The van der Waals surface area contributed by atoms with Gasteiger partial charge >= 0.3 is 11.9 Å².